The first kappa shape index (κ1) is 13.9. The summed E-state index contributed by atoms with van der Waals surface area (Å²) in [7, 11) is 0. The van der Waals surface area contributed by atoms with Gasteiger partial charge in [-0.15, -0.1) is 0 Å². The lowest BCUT2D eigenvalue weighted by atomic mass is 9.70. The molecule has 5 heterocycles. The van der Waals surface area contributed by atoms with Crippen LogP contribution in [0.15, 0.2) is 0 Å². The molecule has 2 amide bonds. The minimum atomic E-state index is 0.0289. The van der Waals surface area contributed by atoms with Crippen molar-refractivity contribution in [2.75, 3.05) is 0 Å². The summed E-state index contributed by atoms with van der Waals surface area (Å²) in [5.74, 6) is 0.649. The van der Waals surface area contributed by atoms with E-state index in [0.29, 0.717) is 11.8 Å². The number of hydrogen-bond donors (Lipinski definition) is 0. The van der Waals surface area contributed by atoms with Gasteiger partial charge in [-0.1, -0.05) is 0 Å². The minimum absolute atomic E-state index is 0.0289. The maximum absolute atomic E-state index is 12.9. The van der Waals surface area contributed by atoms with Crippen LogP contribution in [0, 0.1) is 11.8 Å². The smallest absolute Gasteiger partial charge is 0.228 e. The average molecular weight is 278 g/mol. The largest absolute Gasteiger partial charge is 0.336 e. The molecule has 4 heteroatoms. The molecule has 6 rings (SSSR count). The van der Waals surface area contributed by atoms with Crippen molar-refractivity contribution in [2.24, 2.45) is 11.8 Å². The van der Waals surface area contributed by atoms with Crippen molar-refractivity contribution in [3.63, 3.8) is 0 Å². The van der Waals surface area contributed by atoms with Crippen LogP contribution in [0.5, 0.6) is 0 Å². The van der Waals surface area contributed by atoms with Gasteiger partial charge in [0, 0.05) is 24.2 Å². The van der Waals surface area contributed by atoms with Gasteiger partial charge in [0.25, 0.3) is 0 Å². The molecule has 6 fully saturated rings. The van der Waals surface area contributed by atoms with Crippen LogP contribution in [-0.2, 0) is 9.59 Å². The average Bonchev–Trinajstić information content (AvgIpc) is 2.33. The summed E-state index contributed by atoms with van der Waals surface area (Å²) in [5, 5.41) is 0. The van der Waals surface area contributed by atoms with Gasteiger partial charge in [0.15, 0.2) is 0 Å². The van der Waals surface area contributed by atoms with E-state index in [0.717, 1.165) is 25.7 Å². The van der Waals surface area contributed by atoms with Gasteiger partial charge < -0.3 is 9.80 Å². The number of nitrogens with zero attached hydrogens (tertiary/aromatic N) is 2. The van der Waals surface area contributed by atoms with Gasteiger partial charge in [0.1, 0.15) is 0 Å². The van der Waals surface area contributed by atoms with Crippen molar-refractivity contribution in [2.45, 2.75) is 77.5 Å². The number of piperidine rings is 2. The summed E-state index contributed by atoms with van der Waals surface area (Å²) in [5.41, 5.74) is 0. The fourth-order valence-electron chi connectivity index (χ4n) is 4.71. The molecule has 112 valence electrons. The second kappa shape index (κ2) is 4.74. The monoisotopic (exact) mass is 278 g/mol. The zero-order valence-corrected chi connectivity index (χ0v) is 13.0. The summed E-state index contributed by atoms with van der Waals surface area (Å²) >= 11 is 0. The summed E-state index contributed by atoms with van der Waals surface area (Å²) in [6, 6.07) is 0.674. The number of carbonyl (C=O) groups is 2. The van der Waals surface area contributed by atoms with E-state index < -0.39 is 0 Å². The van der Waals surface area contributed by atoms with Gasteiger partial charge >= 0.3 is 0 Å². The van der Waals surface area contributed by atoms with Gasteiger partial charge in [-0.05, 0) is 53.4 Å². The lowest BCUT2D eigenvalue weighted by Crippen LogP contribution is -2.68. The third-order valence-electron chi connectivity index (χ3n) is 5.45. The Kier molecular flexibility index (Phi) is 3.30. The normalized spacial score (nSPS) is 37.1. The Morgan fingerprint density at radius 2 is 1.10 bits per heavy atom. The van der Waals surface area contributed by atoms with Crippen molar-refractivity contribution >= 4 is 11.8 Å². The van der Waals surface area contributed by atoms with E-state index in [1.54, 1.807) is 0 Å². The Labute approximate surface area is 121 Å². The van der Waals surface area contributed by atoms with Crippen LogP contribution < -0.4 is 0 Å². The molecule has 5 saturated heterocycles. The van der Waals surface area contributed by atoms with Gasteiger partial charge in [-0.25, -0.2) is 0 Å². The molecular weight excluding hydrogens is 252 g/mol. The van der Waals surface area contributed by atoms with Crippen LogP contribution in [0.25, 0.3) is 0 Å². The van der Waals surface area contributed by atoms with E-state index >= 15 is 0 Å². The topological polar surface area (TPSA) is 40.6 Å². The Morgan fingerprint density at radius 3 is 1.40 bits per heavy atom. The summed E-state index contributed by atoms with van der Waals surface area (Å²) in [6.07, 6.45) is 3.94. The summed E-state index contributed by atoms with van der Waals surface area (Å²) in [4.78, 5) is 29.8. The highest BCUT2D eigenvalue weighted by atomic mass is 16.2. The van der Waals surface area contributed by atoms with Crippen molar-refractivity contribution in [1.82, 2.24) is 9.80 Å². The van der Waals surface area contributed by atoms with E-state index in [2.05, 4.69) is 27.7 Å². The van der Waals surface area contributed by atoms with Crippen LogP contribution >= 0.6 is 0 Å². The highest BCUT2D eigenvalue weighted by Crippen LogP contribution is 2.44. The summed E-state index contributed by atoms with van der Waals surface area (Å²) in [6.45, 7) is 8.31. The maximum atomic E-state index is 12.9. The SMILES string of the molecule is CC(C)N1C(=O)C2CCC1C1CCC2N(C(C)C)C1=O. The fourth-order valence-corrected chi connectivity index (χ4v) is 4.71. The Balaban J connectivity index is 2.04. The molecular formula is C16H26N2O2. The molecule has 4 unspecified atom stereocenters. The predicted molar refractivity (Wildman–Crippen MR) is 77.0 cm³/mol. The van der Waals surface area contributed by atoms with Crippen molar-refractivity contribution in [3.05, 3.63) is 0 Å². The molecule has 4 nitrogen and oxygen atoms in total. The second-order valence-corrected chi connectivity index (χ2v) is 7.18. The van der Waals surface area contributed by atoms with Crippen molar-refractivity contribution < 1.29 is 9.59 Å². The standard InChI is InChI=1S/C16H26N2O2/c1-9(2)17-13-7-5-12(15(17)19)14-8-6-11(13)16(20)18(14)10(3)4/h9-14H,5-8H2,1-4H3. The lowest BCUT2D eigenvalue weighted by molar-refractivity contribution is -0.170. The number of rotatable bonds is 2. The number of amides is 2. The molecule has 1 aliphatic carbocycles. The highest BCUT2D eigenvalue weighted by Gasteiger charge is 2.54. The van der Waals surface area contributed by atoms with Crippen LogP contribution in [0.4, 0.5) is 0 Å². The van der Waals surface area contributed by atoms with E-state index in [1.807, 2.05) is 9.80 Å². The maximum Gasteiger partial charge on any atom is 0.228 e. The number of carbonyl (C=O) groups excluding carboxylic acids is 2. The van der Waals surface area contributed by atoms with E-state index in [9.17, 15) is 9.59 Å². The molecule has 0 spiro atoms. The molecule has 0 aromatic rings. The third-order valence-corrected chi connectivity index (χ3v) is 5.45. The van der Waals surface area contributed by atoms with Crippen molar-refractivity contribution in [3.8, 4) is 0 Å². The molecule has 6 aliphatic rings. The van der Waals surface area contributed by atoms with Gasteiger partial charge in [0.2, 0.25) is 11.8 Å². The van der Waals surface area contributed by atoms with E-state index in [4.69, 9.17) is 0 Å². The number of hydrogen-bond acceptors (Lipinski definition) is 2. The van der Waals surface area contributed by atoms with Gasteiger partial charge in [-0.2, -0.15) is 0 Å². The van der Waals surface area contributed by atoms with Gasteiger partial charge in [-0.3, -0.25) is 9.59 Å². The van der Waals surface area contributed by atoms with Crippen molar-refractivity contribution in [1.29, 1.82) is 0 Å². The molecule has 0 aromatic carbocycles. The Morgan fingerprint density at radius 1 is 0.750 bits per heavy atom. The third kappa shape index (κ3) is 1.80. The molecule has 0 N–H and O–H groups in total. The molecule has 0 aromatic heterocycles. The Hall–Kier alpha value is -1.06. The van der Waals surface area contributed by atoms with E-state index in [1.165, 1.54) is 0 Å². The molecule has 20 heavy (non-hydrogen) atoms. The van der Waals surface area contributed by atoms with Gasteiger partial charge in [0.05, 0.1) is 11.8 Å². The zero-order valence-electron chi connectivity index (χ0n) is 13.0. The van der Waals surface area contributed by atoms with E-state index in [-0.39, 0.29) is 36.0 Å². The molecule has 1 saturated carbocycles. The summed E-state index contributed by atoms with van der Waals surface area (Å²) < 4.78 is 0. The van der Waals surface area contributed by atoms with Crippen LogP contribution in [0.2, 0.25) is 0 Å². The first-order valence-corrected chi connectivity index (χ1v) is 8.07. The molecule has 4 bridgehead atoms. The quantitative estimate of drug-likeness (QED) is 0.775. The first-order chi connectivity index (χ1) is 9.43. The Bertz CT molecular complexity index is 392. The lowest BCUT2D eigenvalue weighted by Gasteiger charge is -2.56. The highest BCUT2D eigenvalue weighted by molar-refractivity contribution is 5.88. The van der Waals surface area contributed by atoms with Crippen LogP contribution in [0.1, 0.15) is 53.4 Å². The van der Waals surface area contributed by atoms with Crippen LogP contribution in [-0.4, -0.2) is 45.8 Å². The first-order valence-electron chi connectivity index (χ1n) is 8.07. The zero-order chi connectivity index (χ0) is 14.6. The van der Waals surface area contributed by atoms with Crippen LogP contribution in [0.3, 0.4) is 0 Å². The second-order valence-electron chi connectivity index (χ2n) is 7.18. The molecule has 4 atom stereocenters. The predicted octanol–water partition coefficient (Wildman–Crippen LogP) is 2.03. The fraction of sp³-hybridized carbons (Fsp3) is 0.875. The molecule has 5 aliphatic heterocycles. The minimum Gasteiger partial charge on any atom is -0.336 e. The molecule has 0 radical (unpaired) electrons.